The lowest BCUT2D eigenvalue weighted by Gasteiger charge is -2.15. The van der Waals surface area contributed by atoms with Crippen LogP contribution in [0.25, 0.3) is 16.9 Å². The summed E-state index contributed by atoms with van der Waals surface area (Å²) in [6.07, 6.45) is 0.544. The molecule has 4 rings (SSSR count). The first-order valence-corrected chi connectivity index (χ1v) is 10.2. The average Bonchev–Trinajstić information content (AvgIpc) is 3.36. The number of rotatable bonds is 7. The fourth-order valence-corrected chi connectivity index (χ4v) is 3.68. The Labute approximate surface area is 178 Å². The van der Waals surface area contributed by atoms with Gasteiger partial charge in [0, 0.05) is 31.6 Å². The number of alkyl halides is 2. The lowest BCUT2D eigenvalue weighted by atomic mass is 10.1. The van der Waals surface area contributed by atoms with E-state index in [1.807, 2.05) is 19.1 Å². The van der Waals surface area contributed by atoms with Crippen LogP contribution in [0.5, 0.6) is 0 Å². The van der Waals surface area contributed by atoms with Gasteiger partial charge in [-0.15, -0.1) is 0 Å². The van der Waals surface area contributed by atoms with Crippen LogP contribution in [0.1, 0.15) is 47.3 Å². The zero-order chi connectivity index (χ0) is 22.0. The van der Waals surface area contributed by atoms with Crippen molar-refractivity contribution in [2.24, 2.45) is 0 Å². The highest BCUT2D eigenvalue weighted by molar-refractivity contribution is 5.99. The monoisotopic (exact) mass is 427 g/mol. The van der Waals surface area contributed by atoms with Crippen LogP contribution in [0.15, 0.2) is 36.5 Å². The van der Waals surface area contributed by atoms with Crippen molar-refractivity contribution < 1.29 is 18.4 Å². The summed E-state index contributed by atoms with van der Waals surface area (Å²) in [5.41, 5.74) is 1.96. The zero-order valence-corrected chi connectivity index (χ0v) is 17.1. The van der Waals surface area contributed by atoms with Gasteiger partial charge in [0.25, 0.3) is 12.3 Å². The van der Waals surface area contributed by atoms with Crippen molar-refractivity contribution in [2.75, 3.05) is 19.6 Å². The van der Waals surface area contributed by atoms with Crippen molar-refractivity contribution in [1.82, 2.24) is 24.8 Å². The molecule has 0 saturated carbocycles. The highest BCUT2D eigenvalue weighted by Gasteiger charge is 2.22. The molecule has 7 nitrogen and oxygen atoms in total. The van der Waals surface area contributed by atoms with Crippen LogP contribution in [0, 0.1) is 6.92 Å². The minimum atomic E-state index is -2.77. The Morgan fingerprint density at radius 2 is 2.03 bits per heavy atom. The number of carbonyl (C=O) groups excluding carboxylic acids is 2. The van der Waals surface area contributed by atoms with E-state index in [9.17, 15) is 18.4 Å². The van der Waals surface area contributed by atoms with E-state index in [2.05, 4.69) is 15.4 Å². The van der Waals surface area contributed by atoms with Gasteiger partial charge in [-0.05, 0) is 25.8 Å². The van der Waals surface area contributed by atoms with E-state index < -0.39 is 12.3 Å². The molecule has 31 heavy (non-hydrogen) atoms. The predicted octanol–water partition coefficient (Wildman–Crippen LogP) is 3.38. The van der Waals surface area contributed by atoms with Gasteiger partial charge in [0.2, 0.25) is 5.91 Å². The third-order valence-corrected chi connectivity index (χ3v) is 5.38. The smallest absolute Gasteiger partial charge is 0.280 e. The first-order chi connectivity index (χ1) is 14.9. The number of benzene rings is 1. The number of aryl methyl sites for hydroxylation is 1. The molecular weight excluding hydrogens is 404 g/mol. The average molecular weight is 427 g/mol. The largest absolute Gasteiger partial charge is 0.352 e. The number of aromatic nitrogens is 3. The molecule has 0 radical (unpaired) electrons. The van der Waals surface area contributed by atoms with E-state index in [0.717, 1.165) is 23.0 Å². The van der Waals surface area contributed by atoms with Gasteiger partial charge >= 0.3 is 0 Å². The number of likely N-dealkylation sites (tertiary alicyclic amines) is 1. The SMILES string of the molecule is Cc1ccc(-c2cc(C(F)F)n3ncc(C(=O)NCCCN4CCCC4=O)c3n2)cc1. The third kappa shape index (κ3) is 4.40. The minimum absolute atomic E-state index is 0.0839. The molecule has 1 saturated heterocycles. The van der Waals surface area contributed by atoms with Gasteiger partial charge in [-0.25, -0.2) is 18.3 Å². The van der Waals surface area contributed by atoms with Crippen LogP contribution in [0.4, 0.5) is 8.78 Å². The summed E-state index contributed by atoms with van der Waals surface area (Å²) in [5.74, 6) is -0.294. The molecule has 3 aromatic rings. The Hall–Kier alpha value is -3.36. The maximum absolute atomic E-state index is 13.7. The summed E-state index contributed by atoms with van der Waals surface area (Å²) in [7, 11) is 0. The van der Waals surface area contributed by atoms with Gasteiger partial charge < -0.3 is 10.2 Å². The summed E-state index contributed by atoms with van der Waals surface area (Å²) in [5, 5.41) is 6.75. The predicted molar refractivity (Wildman–Crippen MR) is 111 cm³/mol. The molecule has 1 aliphatic rings. The second-order valence-corrected chi connectivity index (χ2v) is 7.62. The highest BCUT2D eigenvalue weighted by Crippen LogP contribution is 2.27. The lowest BCUT2D eigenvalue weighted by Crippen LogP contribution is -2.30. The molecule has 2 amide bonds. The summed E-state index contributed by atoms with van der Waals surface area (Å²) < 4.78 is 28.4. The Morgan fingerprint density at radius 3 is 2.71 bits per heavy atom. The molecule has 1 fully saturated rings. The lowest BCUT2D eigenvalue weighted by molar-refractivity contribution is -0.127. The quantitative estimate of drug-likeness (QED) is 0.587. The molecule has 9 heteroatoms. The molecule has 2 aromatic heterocycles. The van der Waals surface area contributed by atoms with Crippen molar-refractivity contribution in [3.8, 4) is 11.3 Å². The maximum atomic E-state index is 13.7. The molecule has 162 valence electrons. The molecule has 3 heterocycles. The molecular formula is C22H23F2N5O2. The van der Waals surface area contributed by atoms with E-state index >= 15 is 0 Å². The molecule has 1 aromatic carbocycles. The van der Waals surface area contributed by atoms with E-state index in [1.54, 1.807) is 17.0 Å². The molecule has 0 atom stereocenters. The van der Waals surface area contributed by atoms with Crippen molar-refractivity contribution in [3.05, 3.63) is 53.3 Å². The topological polar surface area (TPSA) is 79.6 Å². The summed E-state index contributed by atoms with van der Waals surface area (Å²) in [4.78, 5) is 30.6. The summed E-state index contributed by atoms with van der Waals surface area (Å²) >= 11 is 0. The van der Waals surface area contributed by atoms with Crippen LogP contribution in [0.3, 0.4) is 0 Å². The number of hydrogen-bond donors (Lipinski definition) is 1. The Kier molecular flexibility index (Phi) is 5.92. The van der Waals surface area contributed by atoms with Crippen molar-refractivity contribution >= 4 is 17.5 Å². The van der Waals surface area contributed by atoms with E-state index in [4.69, 9.17) is 0 Å². The first-order valence-electron chi connectivity index (χ1n) is 10.2. The van der Waals surface area contributed by atoms with Crippen LogP contribution in [-0.4, -0.2) is 50.9 Å². The summed E-state index contributed by atoms with van der Waals surface area (Å²) in [6, 6.07) is 8.65. The van der Waals surface area contributed by atoms with Crippen LogP contribution >= 0.6 is 0 Å². The van der Waals surface area contributed by atoms with Gasteiger partial charge in [-0.1, -0.05) is 29.8 Å². The van der Waals surface area contributed by atoms with Crippen LogP contribution in [0.2, 0.25) is 0 Å². The highest BCUT2D eigenvalue weighted by atomic mass is 19.3. The van der Waals surface area contributed by atoms with Gasteiger partial charge in [-0.3, -0.25) is 9.59 Å². The number of nitrogens with one attached hydrogen (secondary N) is 1. The number of hydrogen-bond acceptors (Lipinski definition) is 4. The molecule has 0 aliphatic carbocycles. The van der Waals surface area contributed by atoms with Crippen molar-refractivity contribution in [3.63, 3.8) is 0 Å². The Bertz CT molecular complexity index is 1110. The Morgan fingerprint density at radius 1 is 1.26 bits per heavy atom. The fraction of sp³-hybridized carbons (Fsp3) is 0.364. The summed E-state index contributed by atoms with van der Waals surface area (Å²) in [6.45, 7) is 3.63. The van der Waals surface area contributed by atoms with Gasteiger partial charge in [0.1, 0.15) is 11.3 Å². The second-order valence-electron chi connectivity index (χ2n) is 7.62. The van der Waals surface area contributed by atoms with Crippen LogP contribution < -0.4 is 5.32 Å². The number of halogens is 2. The number of nitrogens with zero attached hydrogens (tertiary/aromatic N) is 4. The molecule has 0 spiro atoms. The first kappa shape index (κ1) is 20.9. The normalized spacial score (nSPS) is 14.1. The van der Waals surface area contributed by atoms with Crippen LogP contribution in [-0.2, 0) is 4.79 Å². The van der Waals surface area contributed by atoms with Gasteiger partial charge in [0.15, 0.2) is 5.65 Å². The molecule has 0 bridgehead atoms. The van der Waals surface area contributed by atoms with E-state index in [0.29, 0.717) is 37.2 Å². The fourth-order valence-electron chi connectivity index (χ4n) is 3.68. The van der Waals surface area contributed by atoms with E-state index in [1.165, 1.54) is 12.3 Å². The minimum Gasteiger partial charge on any atom is -0.352 e. The Balaban J connectivity index is 1.55. The third-order valence-electron chi connectivity index (χ3n) is 5.38. The van der Waals surface area contributed by atoms with Crippen molar-refractivity contribution in [1.29, 1.82) is 0 Å². The number of fused-ring (bicyclic) bond motifs is 1. The molecule has 0 unspecified atom stereocenters. The molecule has 1 aliphatic heterocycles. The van der Waals surface area contributed by atoms with Gasteiger partial charge in [0.05, 0.1) is 11.9 Å². The number of carbonyl (C=O) groups is 2. The van der Waals surface area contributed by atoms with Gasteiger partial charge in [-0.2, -0.15) is 5.10 Å². The molecule has 1 N–H and O–H groups in total. The zero-order valence-electron chi connectivity index (χ0n) is 17.1. The second kappa shape index (κ2) is 8.79. The number of amides is 2. The van der Waals surface area contributed by atoms with Crippen molar-refractivity contribution in [2.45, 2.75) is 32.6 Å². The standard InChI is InChI=1S/C22H23F2N5O2/c1-14-5-7-15(8-6-14)17-12-18(20(23)24)29-21(27-17)16(13-26-29)22(31)25-9-3-11-28-10-2-4-19(28)30/h5-8,12-13,20H,2-4,9-11H2,1H3,(H,25,31). The maximum Gasteiger partial charge on any atom is 0.280 e. The van der Waals surface area contributed by atoms with E-state index in [-0.39, 0.29) is 22.8 Å².